The molecule has 1 aliphatic heterocycles. The Morgan fingerprint density at radius 3 is 2.85 bits per heavy atom. The van der Waals surface area contributed by atoms with Crippen molar-refractivity contribution < 1.29 is 0 Å². The number of hydrogen-bond acceptors (Lipinski definition) is 2. The zero-order valence-corrected chi connectivity index (χ0v) is 8.73. The summed E-state index contributed by atoms with van der Waals surface area (Å²) in [5.41, 5.74) is 0.720. The highest BCUT2D eigenvalue weighted by Crippen LogP contribution is 2.48. The molecule has 0 amide bonds. The summed E-state index contributed by atoms with van der Waals surface area (Å²) in [4.78, 5) is 0. The van der Waals surface area contributed by atoms with E-state index >= 15 is 0 Å². The monoisotopic (exact) mass is 182 g/mol. The molecule has 13 heavy (non-hydrogen) atoms. The van der Waals surface area contributed by atoms with E-state index in [0.29, 0.717) is 0 Å². The third-order valence-electron chi connectivity index (χ3n) is 3.56. The first-order valence-corrected chi connectivity index (χ1v) is 5.79. The van der Waals surface area contributed by atoms with E-state index < -0.39 is 0 Å². The normalized spacial score (nSPS) is 30.7. The van der Waals surface area contributed by atoms with Crippen molar-refractivity contribution >= 4 is 0 Å². The largest absolute Gasteiger partial charge is 0.315 e. The van der Waals surface area contributed by atoms with E-state index in [-0.39, 0.29) is 0 Å². The Morgan fingerprint density at radius 2 is 2.31 bits per heavy atom. The molecule has 1 aliphatic carbocycles. The number of nitrogens with one attached hydrogen (secondary N) is 2. The topological polar surface area (TPSA) is 24.1 Å². The van der Waals surface area contributed by atoms with E-state index in [4.69, 9.17) is 0 Å². The molecule has 0 spiro atoms. The van der Waals surface area contributed by atoms with E-state index in [0.717, 1.165) is 11.5 Å². The van der Waals surface area contributed by atoms with Crippen LogP contribution in [0.4, 0.5) is 0 Å². The molecule has 0 radical (unpaired) electrons. The van der Waals surface area contributed by atoms with Crippen LogP contribution in [0.3, 0.4) is 0 Å². The summed E-state index contributed by atoms with van der Waals surface area (Å²) in [7, 11) is 0. The van der Waals surface area contributed by atoms with Gasteiger partial charge in [-0.1, -0.05) is 13.3 Å². The van der Waals surface area contributed by atoms with Crippen LogP contribution in [0.2, 0.25) is 0 Å². The molecule has 2 fully saturated rings. The lowest BCUT2D eigenvalue weighted by Crippen LogP contribution is -2.35. The van der Waals surface area contributed by atoms with Gasteiger partial charge in [-0.3, -0.25) is 0 Å². The summed E-state index contributed by atoms with van der Waals surface area (Å²) in [6.45, 7) is 5.96. The van der Waals surface area contributed by atoms with Crippen LogP contribution in [0.1, 0.15) is 39.0 Å². The Hall–Kier alpha value is -0.0800. The predicted molar refractivity (Wildman–Crippen MR) is 55.9 cm³/mol. The summed E-state index contributed by atoms with van der Waals surface area (Å²) in [6.07, 6.45) is 7.04. The second kappa shape index (κ2) is 3.97. The molecule has 2 rings (SSSR count). The van der Waals surface area contributed by atoms with Crippen LogP contribution in [0.5, 0.6) is 0 Å². The molecule has 2 N–H and O–H groups in total. The molecule has 1 saturated carbocycles. The van der Waals surface area contributed by atoms with Crippen LogP contribution in [0.15, 0.2) is 0 Å². The summed E-state index contributed by atoms with van der Waals surface area (Å²) in [6, 6.07) is 0.759. The molecule has 76 valence electrons. The van der Waals surface area contributed by atoms with Crippen LogP contribution in [0, 0.1) is 5.41 Å². The average molecular weight is 182 g/mol. The van der Waals surface area contributed by atoms with E-state index in [1.165, 1.54) is 51.7 Å². The van der Waals surface area contributed by atoms with Crippen molar-refractivity contribution in [1.29, 1.82) is 0 Å². The van der Waals surface area contributed by atoms with Crippen molar-refractivity contribution in [1.82, 2.24) is 10.6 Å². The lowest BCUT2D eigenvalue weighted by atomic mass is 10.0. The molecule has 0 aromatic rings. The Balaban J connectivity index is 1.66. The Labute approximate surface area is 81.5 Å². The molecule has 0 aromatic carbocycles. The minimum absolute atomic E-state index is 0.720. The summed E-state index contributed by atoms with van der Waals surface area (Å²) in [5, 5.41) is 7.11. The highest BCUT2D eigenvalue weighted by Gasteiger charge is 2.41. The first-order chi connectivity index (χ1) is 6.35. The van der Waals surface area contributed by atoms with Crippen molar-refractivity contribution in [2.45, 2.75) is 45.1 Å². The molecule has 1 atom stereocenters. The molecule has 0 bridgehead atoms. The molecule has 2 heteroatoms. The molecular formula is C11H22N2. The smallest absolute Gasteiger partial charge is 0.0204 e. The Morgan fingerprint density at radius 1 is 1.46 bits per heavy atom. The van der Waals surface area contributed by atoms with Gasteiger partial charge in [-0.15, -0.1) is 0 Å². The third kappa shape index (κ3) is 2.44. The Bertz CT molecular complexity index is 157. The van der Waals surface area contributed by atoms with Crippen LogP contribution in [0.25, 0.3) is 0 Å². The van der Waals surface area contributed by atoms with Gasteiger partial charge in [0.2, 0.25) is 0 Å². The van der Waals surface area contributed by atoms with Gasteiger partial charge in [-0.2, -0.15) is 0 Å². The average Bonchev–Trinajstić information content (AvgIpc) is 2.71. The van der Waals surface area contributed by atoms with Gasteiger partial charge in [-0.25, -0.2) is 0 Å². The SMILES string of the molecule is CCCC1(CNC2CCNC2)CC1. The van der Waals surface area contributed by atoms with Gasteiger partial charge in [0.05, 0.1) is 0 Å². The fourth-order valence-electron chi connectivity index (χ4n) is 2.41. The summed E-state index contributed by atoms with van der Waals surface area (Å²) < 4.78 is 0. The molecule has 2 aliphatic rings. The van der Waals surface area contributed by atoms with Crippen LogP contribution < -0.4 is 10.6 Å². The first kappa shape index (κ1) is 9.47. The van der Waals surface area contributed by atoms with Gasteiger partial charge < -0.3 is 10.6 Å². The minimum atomic E-state index is 0.720. The standard InChI is InChI=1S/C11H22N2/c1-2-4-11(5-6-11)9-13-10-3-7-12-8-10/h10,12-13H,2-9H2,1H3. The molecule has 2 nitrogen and oxygen atoms in total. The highest BCUT2D eigenvalue weighted by molar-refractivity contribution is 4.95. The molecule has 0 aromatic heterocycles. The van der Waals surface area contributed by atoms with Crippen LogP contribution in [-0.4, -0.2) is 25.7 Å². The Kier molecular flexibility index (Phi) is 2.89. The van der Waals surface area contributed by atoms with Crippen molar-refractivity contribution in [2.24, 2.45) is 5.41 Å². The second-order valence-electron chi connectivity index (χ2n) is 4.82. The van der Waals surface area contributed by atoms with Gasteiger partial charge in [0.15, 0.2) is 0 Å². The van der Waals surface area contributed by atoms with Gasteiger partial charge in [0.1, 0.15) is 0 Å². The van der Waals surface area contributed by atoms with Crippen molar-refractivity contribution in [3.8, 4) is 0 Å². The van der Waals surface area contributed by atoms with Crippen LogP contribution in [-0.2, 0) is 0 Å². The lowest BCUT2D eigenvalue weighted by molar-refractivity contribution is 0.393. The van der Waals surface area contributed by atoms with Crippen molar-refractivity contribution in [3.05, 3.63) is 0 Å². The van der Waals surface area contributed by atoms with E-state index in [9.17, 15) is 0 Å². The summed E-state index contributed by atoms with van der Waals surface area (Å²) in [5.74, 6) is 0. The first-order valence-electron chi connectivity index (χ1n) is 5.79. The highest BCUT2D eigenvalue weighted by atomic mass is 15.0. The van der Waals surface area contributed by atoms with Gasteiger partial charge in [0, 0.05) is 19.1 Å². The maximum Gasteiger partial charge on any atom is 0.0204 e. The minimum Gasteiger partial charge on any atom is -0.315 e. The fourth-order valence-corrected chi connectivity index (χ4v) is 2.41. The van der Waals surface area contributed by atoms with E-state index in [2.05, 4.69) is 17.6 Å². The molecule has 1 saturated heterocycles. The van der Waals surface area contributed by atoms with Crippen molar-refractivity contribution in [3.63, 3.8) is 0 Å². The zero-order chi connectivity index (χ0) is 9.15. The maximum absolute atomic E-state index is 3.71. The number of rotatable bonds is 5. The number of hydrogen-bond donors (Lipinski definition) is 2. The van der Waals surface area contributed by atoms with Gasteiger partial charge >= 0.3 is 0 Å². The van der Waals surface area contributed by atoms with Crippen LogP contribution >= 0.6 is 0 Å². The van der Waals surface area contributed by atoms with E-state index in [1.807, 2.05) is 0 Å². The van der Waals surface area contributed by atoms with Gasteiger partial charge in [-0.05, 0) is 37.6 Å². The lowest BCUT2D eigenvalue weighted by Gasteiger charge is -2.18. The van der Waals surface area contributed by atoms with Crippen molar-refractivity contribution in [2.75, 3.05) is 19.6 Å². The predicted octanol–water partition coefficient (Wildman–Crippen LogP) is 1.52. The fraction of sp³-hybridized carbons (Fsp3) is 1.00. The van der Waals surface area contributed by atoms with Gasteiger partial charge in [0.25, 0.3) is 0 Å². The summed E-state index contributed by atoms with van der Waals surface area (Å²) >= 11 is 0. The van der Waals surface area contributed by atoms with E-state index in [1.54, 1.807) is 0 Å². The third-order valence-corrected chi connectivity index (χ3v) is 3.56. The quantitative estimate of drug-likeness (QED) is 0.673. The zero-order valence-electron chi connectivity index (χ0n) is 8.73. The molecule has 1 heterocycles. The molecular weight excluding hydrogens is 160 g/mol. The second-order valence-corrected chi connectivity index (χ2v) is 4.82. The maximum atomic E-state index is 3.71. The molecule has 1 unspecified atom stereocenters.